The van der Waals surface area contributed by atoms with E-state index in [0.29, 0.717) is 0 Å². The van der Waals surface area contributed by atoms with Gasteiger partial charge in [-0.05, 0) is 196 Å². The highest BCUT2D eigenvalue weighted by Crippen LogP contribution is 2.65. The summed E-state index contributed by atoms with van der Waals surface area (Å²) < 4.78 is 12.4. The van der Waals surface area contributed by atoms with Gasteiger partial charge in [0.15, 0.2) is 0 Å². The molecule has 0 unspecified atom stereocenters. The molecule has 1 N–H and O–H groups in total. The zero-order valence-corrected chi connectivity index (χ0v) is 61.7. The van der Waals surface area contributed by atoms with Crippen molar-refractivity contribution >= 4 is 83.9 Å². The predicted molar refractivity (Wildman–Crippen MR) is 453 cm³/mol. The molecule has 520 valence electrons. The molecule has 2 spiro atoms. The monoisotopic (exact) mass is 1420 g/mol. The minimum Gasteiger partial charge on any atom is -0.456 e. The maximum atomic E-state index is 6.46. The summed E-state index contributed by atoms with van der Waals surface area (Å²) >= 11 is 6.46. The number of hydrogen-bond donors (Lipinski definition) is 1. The molecule has 0 amide bonds. The number of para-hydroxylation sites is 2. The highest BCUT2D eigenvalue weighted by molar-refractivity contribution is 6.31. The Balaban J connectivity index is 0.000000119. The quantitative estimate of drug-likeness (QED) is 0.173. The minimum absolute atomic E-state index is 0.0530. The first-order chi connectivity index (χ1) is 53.5. The molecule has 0 saturated carbocycles. The summed E-state index contributed by atoms with van der Waals surface area (Å²) in [4.78, 5) is 2.38. The predicted octanol–water partition coefficient (Wildman–Crippen LogP) is 28.1. The molecule has 18 aromatic rings. The van der Waals surface area contributed by atoms with Gasteiger partial charge in [-0.2, -0.15) is 0 Å². The molecule has 0 aliphatic heterocycles. The van der Waals surface area contributed by atoms with Gasteiger partial charge in [-0.1, -0.05) is 318 Å². The molecule has 16 aromatic carbocycles. The summed E-state index contributed by atoms with van der Waals surface area (Å²) in [6.45, 7) is 9.45. The van der Waals surface area contributed by atoms with Crippen molar-refractivity contribution < 1.29 is 8.83 Å². The Morgan fingerprint density at radius 2 is 0.569 bits per heavy atom. The van der Waals surface area contributed by atoms with Gasteiger partial charge in [0.1, 0.15) is 22.3 Å². The Bertz CT molecular complexity index is 6500. The molecular formula is C104H75ClN2O2. The van der Waals surface area contributed by atoms with Crippen molar-refractivity contribution in [2.45, 2.75) is 49.4 Å². The first kappa shape index (κ1) is 65.5. The number of furan rings is 2. The van der Waals surface area contributed by atoms with Gasteiger partial charge in [-0.25, -0.2) is 0 Å². The van der Waals surface area contributed by atoms with Crippen LogP contribution in [-0.2, 0) is 21.7 Å². The van der Waals surface area contributed by atoms with Crippen molar-refractivity contribution in [3.63, 3.8) is 0 Å². The summed E-state index contributed by atoms with van der Waals surface area (Å²) in [7, 11) is 0. The first-order valence-corrected chi connectivity index (χ1v) is 38.1. The average molecular weight is 1420 g/mol. The van der Waals surface area contributed by atoms with Crippen LogP contribution in [0.4, 0.5) is 28.4 Å². The highest BCUT2D eigenvalue weighted by Gasteiger charge is 2.55. The lowest BCUT2D eigenvalue weighted by molar-refractivity contribution is 0.563. The van der Waals surface area contributed by atoms with Gasteiger partial charge in [0.25, 0.3) is 0 Å². The molecule has 2 aromatic heterocycles. The summed E-state index contributed by atoms with van der Waals surface area (Å²) in [5.41, 5.74) is 34.3. The maximum Gasteiger partial charge on any atom is 0.137 e. The number of benzene rings is 16. The Morgan fingerprint density at radius 1 is 0.239 bits per heavy atom. The Kier molecular flexibility index (Phi) is 15.4. The van der Waals surface area contributed by atoms with Crippen LogP contribution < -0.4 is 10.2 Å². The third-order valence-corrected chi connectivity index (χ3v) is 24.1. The van der Waals surface area contributed by atoms with Crippen molar-refractivity contribution in [2.24, 2.45) is 0 Å². The number of anilines is 5. The minimum atomic E-state index is -0.428. The largest absolute Gasteiger partial charge is 0.456 e. The SMILES string of the molecule is CC1(C)c2ccccc2C2(c3ccccc3-c3cc(Cl)ccc32)c2ccccc21.CC1(C)c2ccccc2C2(c3ccccc3-c3cc(N(c4ccc(-c5ccccc5)cc4)c4ccc5c(c4)oc4ccccc45)ccc32)c2ccccc21.c1ccc(-c2ccc(Nc3ccc4c(c3)oc3ccccc34)cc2)cc1. The number of halogens is 1. The Morgan fingerprint density at radius 3 is 1.06 bits per heavy atom. The van der Waals surface area contributed by atoms with Crippen LogP contribution in [0, 0.1) is 0 Å². The molecule has 4 aliphatic rings. The van der Waals surface area contributed by atoms with Gasteiger partial charge in [-0.15, -0.1) is 0 Å². The number of fused-ring (bicyclic) bond motifs is 24. The molecule has 4 aliphatic carbocycles. The van der Waals surface area contributed by atoms with Crippen LogP contribution in [0.1, 0.15) is 94.5 Å². The van der Waals surface area contributed by atoms with Crippen molar-refractivity contribution in [3.05, 3.63) is 448 Å². The third-order valence-electron chi connectivity index (χ3n) is 23.8. The van der Waals surface area contributed by atoms with Gasteiger partial charge in [0.2, 0.25) is 0 Å². The van der Waals surface area contributed by atoms with E-state index in [0.717, 1.165) is 77.3 Å². The lowest BCUT2D eigenvalue weighted by atomic mass is 9.55. The van der Waals surface area contributed by atoms with E-state index in [1.54, 1.807) is 0 Å². The molecule has 0 bridgehead atoms. The lowest BCUT2D eigenvalue weighted by Crippen LogP contribution is -2.40. The fourth-order valence-electron chi connectivity index (χ4n) is 18.9. The van der Waals surface area contributed by atoms with Crippen LogP contribution in [0.25, 0.3) is 88.4 Å². The van der Waals surface area contributed by atoms with Crippen LogP contribution in [0.5, 0.6) is 0 Å². The normalized spacial score (nSPS) is 14.2. The van der Waals surface area contributed by atoms with Crippen molar-refractivity contribution in [1.29, 1.82) is 0 Å². The molecule has 109 heavy (non-hydrogen) atoms. The van der Waals surface area contributed by atoms with Crippen LogP contribution in [-0.4, -0.2) is 0 Å². The zero-order valence-electron chi connectivity index (χ0n) is 60.9. The zero-order chi connectivity index (χ0) is 73.2. The molecule has 4 nitrogen and oxygen atoms in total. The summed E-state index contributed by atoms with van der Waals surface area (Å²) in [5.74, 6) is 0. The van der Waals surface area contributed by atoms with E-state index in [-0.39, 0.29) is 16.2 Å². The molecule has 2 heterocycles. The second kappa shape index (κ2) is 25.6. The molecule has 22 rings (SSSR count). The number of nitrogens with zero attached hydrogens (tertiary/aromatic N) is 1. The standard InChI is InChI=1S/C52H37NO.C28H21Cl.C24H17NO/c1-51(2)45-19-9-11-21-47(45)52(48-22-12-10-20-46(48)51)43-18-8-6-16-39(43)42-32-37(29-31-44(42)52)53(36-26-24-35(25-27-36)34-14-4-3-5-15-34)38-28-30-41-40-17-7-13-23-49(40)54-50(41)33-38;1-27(2)23-11-5-7-13-25(23)28(26-14-8-6-12-24(26)27)21-10-4-3-9-19(21)20-17-18(29)15-16-22(20)28;1-2-6-17(7-3-1)18-10-12-19(13-11-18)25-20-14-15-22-21-8-4-5-9-23(21)26-24(22)16-20/h3-33H,1-2H3;3-17H,1-2H3;1-16,25H. The van der Waals surface area contributed by atoms with Gasteiger partial charge in [0, 0.05) is 78.0 Å². The van der Waals surface area contributed by atoms with Crippen molar-refractivity contribution in [2.75, 3.05) is 10.2 Å². The lowest BCUT2D eigenvalue weighted by Gasteiger charge is -2.46. The summed E-state index contributed by atoms with van der Waals surface area (Å²) in [6, 6.07) is 135. The Hall–Kier alpha value is -13.0. The van der Waals surface area contributed by atoms with Crippen LogP contribution in [0.2, 0.25) is 5.02 Å². The van der Waals surface area contributed by atoms with Gasteiger partial charge in [-0.3, -0.25) is 0 Å². The number of rotatable bonds is 7. The van der Waals surface area contributed by atoms with E-state index in [9.17, 15) is 0 Å². The van der Waals surface area contributed by atoms with E-state index in [4.69, 9.17) is 20.4 Å². The summed E-state index contributed by atoms with van der Waals surface area (Å²) in [5, 5.41) is 8.80. The molecular weight excluding hydrogens is 1340 g/mol. The van der Waals surface area contributed by atoms with Crippen molar-refractivity contribution in [3.8, 4) is 44.5 Å². The third kappa shape index (κ3) is 10.3. The van der Waals surface area contributed by atoms with Gasteiger partial charge < -0.3 is 19.1 Å². The fourth-order valence-corrected chi connectivity index (χ4v) is 19.1. The van der Waals surface area contributed by atoms with Crippen LogP contribution >= 0.6 is 11.6 Å². The number of hydrogen-bond acceptors (Lipinski definition) is 4. The van der Waals surface area contributed by atoms with E-state index < -0.39 is 5.41 Å². The molecule has 0 fully saturated rings. The van der Waals surface area contributed by atoms with E-state index >= 15 is 0 Å². The van der Waals surface area contributed by atoms with E-state index in [1.807, 2.05) is 42.5 Å². The molecule has 0 atom stereocenters. The van der Waals surface area contributed by atoms with Crippen LogP contribution in [0.3, 0.4) is 0 Å². The average Bonchev–Trinajstić information content (AvgIpc) is 1.56. The van der Waals surface area contributed by atoms with E-state index in [1.165, 1.54) is 111 Å². The molecule has 0 radical (unpaired) electrons. The second-order valence-corrected chi connectivity index (χ2v) is 30.8. The maximum absolute atomic E-state index is 6.46. The number of nitrogens with one attached hydrogen (secondary N) is 1. The topological polar surface area (TPSA) is 41.6 Å². The second-order valence-electron chi connectivity index (χ2n) is 30.3. The fraction of sp³-hybridized carbons (Fsp3) is 0.0769. The van der Waals surface area contributed by atoms with Gasteiger partial charge in [0.05, 0.1) is 10.8 Å². The molecule has 5 heteroatoms. The summed E-state index contributed by atoms with van der Waals surface area (Å²) in [6.07, 6.45) is 0. The highest BCUT2D eigenvalue weighted by atomic mass is 35.5. The molecule has 0 saturated heterocycles. The Labute approximate surface area is 640 Å². The van der Waals surface area contributed by atoms with E-state index in [2.05, 4.69) is 372 Å². The smallest absolute Gasteiger partial charge is 0.137 e. The van der Waals surface area contributed by atoms with Crippen molar-refractivity contribution in [1.82, 2.24) is 0 Å². The van der Waals surface area contributed by atoms with Crippen LogP contribution in [0.15, 0.2) is 385 Å². The first-order valence-electron chi connectivity index (χ1n) is 37.7. The van der Waals surface area contributed by atoms with Gasteiger partial charge >= 0.3 is 0 Å².